The molecule has 0 saturated heterocycles. The molecule has 3 aromatic heterocycles. The van der Waals surface area contributed by atoms with Crippen molar-refractivity contribution in [1.29, 1.82) is 0 Å². The van der Waals surface area contributed by atoms with E-state index in [1.54, 1.807) is 36.4 Å². The van der Waals surface area contributed by atoms with Gasteiger partial charge in [-0.05, 0) is 72.1 Å². The molecule has 11 nitrogen and oxygen atoms in total. The molecule has 0 aliphatic rings. The van der Waals surface area contributed by atoms with Gasteiger partial charge in [0.1, 0.15) is 46.8 Å². The lowest BCUT2D eigenvalue weighted by molar-refractivity contribution is -0.275. The number of aromatic nitrogens is 3. The molecule has 61 heavy (non-hydrogen) atoms. The normalized spacial score (nSPS) is 11.8. The average molecular weight is 917 g/mol. The predicted octanol–water partition coefficient (Wildman–Crippen LogP) is 13.0. The Kier molecular flexibility index (Phi) is 13.2. The molecule has 0 radical (unpaired) electrons. The molecule has 0 spiro atoms. The lowest BCUT2D eigenvalue weighted by atomic mass is 9.99. The Morgan fingerprint density at radius 3 is 1.75 bits per heavy atom. The van der Waals surface area contributed by atoms with Crippen molar-refractivity contribution in [3.05, 3.63) is 119 Å². The number of benzene rings is 4. The Morgan fingerprint density at radius 2 is 1.25 bits per heavy atom. The summed E-state index contributed by atoms with van der Waals surface area (Å²) in [5.74, 6) is -0.221. The molecule has 320 valence electrons. The van der Waals surface area contributed by atoms with E-state index in [0.717, 1.165) is 22.3 Å². The molecular weight excluding hydrogens is 880 g/mol. The lowest BCUT2D eigenvalue weighted by Gasteiger charge is -2.14. The van der Waals surface area contributed by atoms with Crippen LogP contribution < -0.4 is 14.2 Å². The van der Waals surface area contributed by atoms with E-state index in [4.69, 9.17) is 18.3 Å². The minimum Gasteiger partial charge on any atom is -0.489 e. The molecule has 1 N–H and O–H groups in total. The van der Waals surface area contributed by atoms with E-state index in [1.165, 1.54) is 36.4 Å². The fraction of sp³-hybridized carbons (Fsp3) is 0.256. The first kappa shape index (κ1) is 44.3. The van der Waals surface area contributed by atoms with Crippen LogP contribution in [0.1, 0.15) is 78.2 Å². The summed E-state index contributed by atoms with van der Waals surface area (Å²) in [5, 5.41) is 21.7. The number of aryl methyl sites for hydroxylation is 1. The van der Waals surface area contributed by atoms with Crippen LogP contribution in [-0.4, -0.2) is 39.3 Å². The van der Waals surface area contributed by atoms with Gasteiger partial charge in [-0.15, -0.1) is 26.3 Å². The van der Waals surface area contributed by atoms with Gasteiger partial charge in [0.05, 0.1) is 10.9 Å². The van der Waals surface area contributed by atoms with Crippen molar-refractivity contribution in [3.8, 4) is 50.9 Å². The summed E-state index contributed by atoms with van der Waals surface area (Å²) in [6, 6.07) is 22.2. The molecule has 0 saturated carbocycles. The van der Waals surface area contributed by atoms with Crippen LogP contribution in [0.2, 0.25) is 0 Å². The number of fused-ring (bicyclic) bond motifs is 1. The number of carboxylic acid groups (broad SMARTS) is 1. The first-order valence-electron chi connectivity index (χ1n) is 18.4. The van der Waals surface area contributed by atoms with E-state index in [-0.39, 0.29) is 52.5 Å². The van der Waals surface area contributed by atoms with Crippen LogP contribution in [0.5, 0.6) is 17.2 Å². The Hall–Kier alpha value is -6.30. The van der Waals surface area contributed by atoms with Gasteiger partial charge in [0.2, 0.25) is 0 Å². The fourth-order valence-electron chi connectivity index (χ4n) is 6.46. The number of hydrogen-bond acceptors (Lipinski definition) is 10. The number of ether oxygens (including phenoxy) is 3. The summed E-state index contributed by atoms with van der Waals surface area (Å²) in [5.41, 5.74) is 4.93. The highest BCUT2D eigenvalue weighted by molar-refractivity contribution is 9.08. The maximum absolute atomic E-state index is 13.0. The third-order valence-corrected chi connectivity index (χ3v) is 9.68. The van der Waals surface area contributed by atoms with Crippen molar-refractivity contribution in [1.82, 2.24) is 15.5 Å². The maximum Gasteiger partial charge on any atom is 0.573 e. The van der Waals surface area contributed by atoms with Gasteiger partial charge in [-0.2, -0.15) is 0 Å². The number of carboxylic acids is 1. The smallest absolute Gasteiger partial charge is 0.489 e. The van der Waals surface area contributed by atoms with Gasteiger partial charge in [-0.25, -0.2) is 4.79 Å². The fourth-order valence-corrected chi connectivity index (χ4v) is 7.00. The van der Waals surface area contributed by atoms with Crippen molar-refractivity contribution in [2.24, 2.45) is 0 Å². The van der Waals surface area contributed by atoms with Crippen molar-refractivity contribution >= 4 is 32.9 Å². The number of nitrogens with zero attached hydrogens (tertiary/aromatic N) is 3. The maximum atomic E-state index is 13.0. The van der Waals surface area contributed by atoms with Gasteiger partial charge < -0.3 is 32.9 Å². The zero-order valence-corrected chi connectivity index (χ0v) is 34.5. The molecule has 0 bridgehead atoms. The summed E-state index contributed by atoms with van der Waals surface area (Å²) in [4.78, 5) is 11.3. The van der Waals surface area contributed by atoms with E-state index in [9.17, 15) is 36.2 Å². The van der Waals surface area contributed by atoms with Crippen LogP contribution in [0.4, 0.5) is 26.3 Å². The van der Waals surface area contributed by atoms with Crippen LogP contribution in [-0.2, 0) is 11.9 Å². The Morgan fingerprint density at radius 1 is 0.705 bits per heavy atom. The number of hydrogen-bond donors (Lipinski definition) is 1. The van der Waals surface area contributed by atoms with Crippen LogP contribution in [0, 0.1) is 6.92 Å². The lowest BCUT2D eigenvalue weighted by Crippen LogP contribution is -2.17. The van der Waals surface area contributed by atoms with Crippen LogP contribution in [0.15, 0.2) is 98.5 Å². The number of alkyl halides is 7. The molecule has 0 unspecified atom stereocenters. The molecule has 7 aromatic rings. The minimum atomic E-state index is -4.87. The number of rotatable bonds is 12. The molecule has 0 amide bonds. The SMILES string of the molecule is CC(C)c1onc(-c2ccccc2OC(F)(F)F)c1CBr.Cc1cc(OCc2c(-c3ccccc3OC(F)(F)F)noc2C(C)C)ccc1-c1ccc2c(C(=O)O)noc2c1. The molecule has 0 fully saturated rings. The largest absolute Gasteiger partial charge is 0.573 e. The summed E-state index contributed by atoms with van der Waals surface area (Å²) in [6.07, 6.45) is -9.62. The average Bonchev–Trinajstić information content (AvgIpc) is 3.93. The predicted molar refractivity (Wildman–Crippen MR) is 214 cm³/mol. The Bertz CT molecular complexity index is 2650. The molecule has 0 aliphatic carbocycles. The number of halogens is 7. The zero-order valence-electron chi connectivity index (χ0n) is 32.9. The van der Waals surface area contributed by atoms with Crippen molar-refractivity contribution < 1.29 is 64.0 Å². The second kappa shape index (κ2) is 18.1. The highest BCUT2D eigenvalue weighted by Crippen LogP contribution is 2.40. The summed E-state index contributed by atoms with van der Waals surface area (Å²) >= 11 is 3.33. The van der Waals surface area contributed by atoms with Gasteiger partial charge in [-0.1, -0.05) is 95.5 Å². The molecular formula is C43H36BrF6N3O8. The first-order valence-corrected chi connectivity index (χ1v) is 19.6. The van der Waals surface area contributed by atoms with Crippen molar-refractivity contribution in [2.45, 2.75) is 71.1 Å². The highest BCUT2D eigenvalue weighted by Gasteiger charge is 2.34. The van der Waals surface area contributed by atoms with Gasteiger partial charge in [0, 0.05) is 33.9 Å². The first-order chi connectivity index (χ1) is 28.8. The van der Waals surface area contributed by atoms with Gasteiger partial charge in [-0.3, -0.25) is 0 Å². The molecule has 0 aliphatic heterocycles. The van der Waals surface area contributed by atoms with E-state index in [2.05, 4.69) is 40.9 Å². The van der Waals surface area contributed by atoms with Gasteiger partial charge in [0.15, 0.2) is 11.3 Å². The van der Waals surface area contributed by atoms with Gasteiger partial charge in [0.25, 0.3) is 0 Å². The van der Waals surface area contributed by atoms with E-state index in [0.29, 0.717) is 44.8 Å². The molecule has 0 atom stereocenters. The highest BCUT2D eigenvalue weighted by atomic mass is 79.9. The van der Waals surface area contributed by atoms with Crippen LogP contribution >= 0.6 is 15.9 Å². The zero-order chi connectivity index (χ0) is 44.2. The van der Waals surface area contributed by atoms with Crippen LogP contribution in [0.25, 0.3) is 44.6 Å². The van der Waals surface area contributed by atoms with Crippen molar-refractivity contribution in [3.63, 3.8) is 0 Å². The molecule has 4 aromatic carbocycles. The number of para-hydroxylation sites is 2. The Labute approximate surface area is 352 Å². The second-order valence-electron chi connectivity index (χ2n) is 14.1. The van der Waals surface area contributed by atoms with Crippen molar-refractivity contribution in [2.75, 3.05) is 0 Å². The molecule has 7 rings (SSSR count). The number of carbonyl (C=O) groups is 1. The topological polar surface area (TPSA) is 143 Å². The third-order valence-electron chi connectivity index (χ3n) is 9.12. The van der Waals surface area contributed by atoms with E-state index in [1.807, 2.05) is 46.8 Å². The minimum absolute atomic E-state index is 0.00647. The standard InChI is InChI=1S/C29H23F3N2O6.C14H13BrF3NO2/c1-15(2)27-22(25(33-40-27)20-6-4-5-7-23(20)38-29(30,31)32)14-37-18-9-11-19(16(3)12-18)17-8-10-21-24(13-17)39-34-26(21)28(35)36;1-8(2)13-10(7-15)12(19-21-13)9-5-3-4-6-11(9)20-14(16,17)18/h4-13,15H,14H2,1-3H3,(H,35,36);3-6,8H,7H2,1-2H3. The van der Waals surface area contributed by atoms with Gasteiger partial charge >= 0.3 is 18.7 Å². The number of aromatic carboxylic acids is 1. The quantitative estimate of drug-likeness (QED) is 0.0924. The monoisotopic (exact) mass is 915 g/mol. The summed E-state index contributed by atoms with van der Waals surface area (Å²) in [7, 11) is 0. The second-order valence-corrected chi connectivity index (χ2v) is 14.7. The van der Waals surface area contributed by atoms with E-state index >= 15 is 0 Å². The molecule has 3 heterocycles. The third kappa shape index (κ3) is 10.4. The Balaban J connectivity index is 0.000000249. The molecule has 18 heteroatoms. The summed E-state index contributed by atoms with van der Waals surface area (Å²) in [6.45, 7) is 9.51. The van der Waals surface area contributed by atoms with E-state index < -0.39 is 18.7 Å². The summed E-state index contributed by atoms with van der Waals surface area (Å²) < 4.78 is 107. The van der Waals surface area contributed by atoms with Crippen LogP contribution in [0.3, 0.4) is 0 Å².